The molecule has 0 aliphatic heterocycles. The van der Waals surface area contributed by atoms with Gasteiger partial charge in [-0.3, -0.25) is 14.4 Å². The van der Waals surface area contributed by atoms with Crippen molar-refractivity contribution in [3.63, 3.8) is 0 Å². The molecule has 0 saturated heterocycles. The van der Waals surface area contributed by atoms with E-state index in [4.69, 9.17) is 14.2 Å². The van der Waals surface area contributed by atoms with Crippen molar-refractivity contribution in [2.45, 2.75) is 271 Å². The number of hydrogen-bond acceptors (Lipinski definition) is 6. The van der Waals surface area contributed by atoms with Crippen LogP contribution < -0.4 is 0 Å². The van der Waals surface area contributed by atoms with Crippen LogP contribution in [0.2, 0.25) is 0 Å². The fourth-order valence-corrected chi connectivity index (χ4v) is 7.84. The van der Waals surface area contributed by atoms with Crippen molar-refractivity contribution < 1.29 is 28.6 Å². The van der Waals surface area contributed by atoms with Crippen LogP contribution >= 0.6 is 0 Å². The molecule has 0 saturated carbocycles. The fraction of sp³-hybridized carbons (Fsp3) is 0.698. The van der Waals surface area contributed by atoms with Crippen molar-refractivity contribution in [2.75, 3.05) is 13.2 Å². The van der Waals surface area contributed by atoms with Gasteiger partial charge in [-0.05, 0) is 96.3 Å². The second-order valence-electron chi connectivity index (χ2n) is 18.8. The summed E-state index contributed by atoms with van der Waals surface area (Å²) in [4.78, 5) is 38.2. The van der Waals surface area contributed by atoms with Gasteiger partial charge >= 0.3 is 17.9 Å². The van der Waals surface area contributed by atoms with Gasteiger partial charge in [0.05, 0.1) is 0 Å². The van der Waals surface area contributed by atoms with Gasteiger partial charge in [0.25, 0.3) is 0 Å². The lowest BCUT2D eigenvalue weighted by atomic mass is 10.0. The van der Waals surface area contributed by atoms with Gasteiger partial charge < -0.3 is 14.2 Å². The largest absolute Gasteiger partial charge is 0.462 e. The van der Waals surface area contributed by atoms with Crippen LogP contribution in [0.25, 0.3) is 0 Å². The third-order valence-corrected chi connectivity index (χ3v) is 12.1. The summed E-state index contributed by atoms with van der Waals surface area (Å²) in [5.74, 6) is -0.938. The maximum atomic E-state index is 12.9. The molecular weight excluding hydrogens is 853 g/mol. The molecule has 6 heteroatoms. The fourth-order valence-electron chi connectivity index (χ4n) is 7.84. The highest BCUT2D eigenvalue weighted by Gasteiger charge is 2.19. The molecule has 0 aromatic rings. The van der Waals surface area contributed by atoms with E-state index in [2.05, 4.69) is 118 Å². The maximum absolute atomic E-state index is 12.9. The predicted molar refractivity (Wildman–Crippen MR) is 297 cm³/mol. The molecular formula is C63H106O6. The predicted octanol–water partition coefficient (Wildman–Crippen LogP) is 19.3. The summed E-state index contributed by atoms with van der Waals surface area (Å²) >= 11 is 0. The van der Waals surface area contributed by atoms with Crippen LogP contribution in [-0.2, 0) is 28.6 Å². The third kappa shape index (κ3) is 55.1. The summed E-state index contributed by atoms with van der Waals surface area (Å²) in [5, 5.41) is 0. The number of ether oxygens (including phenoxy) is 3. The lowest BCUT2D eigenvalue weighted by molar-refractivity contribution is -0.167. The average Bonchev–Trinajstić information content (AvgIpc) is 3.35. The minimum atomic E-state index is -0.798. The topological polar surface area (TPSA) is 78.9 Å². The van der Waals surface area contributed by atoms with Crippen molar-refractivity contribution in [2.24, 2.45) is 0 Å². The molecule has 1 atom stereocenters. The lowest BCUT2D eigenvalue weighted by Crippen LogP contribution is -2.30. The SMILES string of the molecule is CC/C=C\C/C=C\C/C=C\C/C=C\C/C=C\CCCCCC(=O)OC[C@@H](COC(=O)CCCCCCC/C=C\C/C=C\C/C=C\CC)OC(=O)CCCCCCCCCCCCCCCCCCC. The van der Waals surface area contributed by atoms with Gasteiger partial charge in [0.2, 0.25) is 0 Å². The van der Waals surface area contributed by atoms with Crippen LogP contribution in [0.3, 0.4) is 0 Å². The van der Waals surface area contributed by atoms with Crippen molar-refractivity contribution in [1.29, 1.82) is 0 Å². The molecule has 0 N–H and O–H groups in total. The Bertz CT molecular complexity index is 1380. The summed E-state index contributed by atoms with van der Waals surface area (Å²) in [5.41, 5.74) is 0. The Hall–Kier alpha value is -3.67. The Morgan fingerprint density at radius 3 is 0.899 bits per heavy atom. The zero-order valence-electron chi connectivity index (χ0n) is 45.0. The molecule has 6 nitrogen and oxygen atoms in total. The standard InChI is InChI=1S/C63H106O6/c1-4-7-10-13-16-19-22-25-28-30-31-33-35-38-41-44-47-50-53-56-62(65)68-59-60(58-67-61(64)55-52-49-46-43-40-37-34-27-24-21-18-15-12-9-6-3)69-63(66)57-54-51-48-45-42-39-36-32-29-26-23-20-17-14-11-8-5-2/h7,9-10,12,16,18-19,21,25,27-28,31,33-34,38,41,60H,4-6,8,11,13-15,17,20,22-24,26,29-30,32,35-37,39-40,42-59H2,1-3H3/b10-7-,12-9-,19-16-,21-18-,28-25-,33-31-,34-27-,41-38-/t60-/m1/s1. The van der Waals surface area contributed by atoms with E-state index in [1.54, 1.807) is 0 Å². The Morgan fingerprint density at radius 2 is 0.565 bits per heavy atom. The highest BCUT2D eigenvalue weighted by atomic mass is 16.6. The van der Waals surface area contributed by atoms with Gasteiger partial charge in [0.1, 0.15) is 13.2 Å². The van der Waals surface area contributed by atoms with Gasteiger partial charge in [-0.25, -0.2) is 0 Å². The van der Waals surface area contributed by atoms with E-state index in [0.29, 0.717) is 19.3 Å². The van der Waals surface area contributed by atoms with Gasteiger partial charge in [-0.2, -0.15) is 0 Å². The van der Waals surface area contributed by atoms with Crippen molar-refractivity contribution in [3.8, 4) is 0 Å². The highest BCUT2D eigenvalue weighted by Crippen LogP contribution is 2.16. The van der Waals surface area contributed by atoms with Crippen molar-refractivity contribution >= 4 is 17.9 Å². The monoisotopic (exact) mass is 959 g/mol. The summed E-state index contributed by atoms with van der Waals surface area (Å²) in [6.07, 6.45) is 75.4. The second-order valence-corrected chi connectivity index (χ2v) is 18.8. The Morgan fingerprint density at radius 1 is 0.304 bits per heavy atom. The molecule has 0 radical (unpaired) electrons. The molecule has 0 aromatic carbocycles. The van der Waals surface area contributed by atoms with Crippen LogP contribution in [0.15, 0.2) is 97.2 Å². The lowest BCUT2D eigenvalue weighted by Gasteiger charge is -2.18. The van der Waals surface area contributed by atoms with E-state index in [1.165, 1.54) is 89.9 Å². The first-order valence-corrected chi connectivity index (χ1v) is 28.7. The number of carbonyl (C=O) groups excluding carboxylic acids is 3. The number of rotatable bonds is 51. The quantitative estimate of drug-likeness (QED) is 0.0262. The molecule has 0 fully saturated rings. The van der Waals surface area contributed by atoms with Gasteiger partial charge in [0, 0.05) is 19.3 Å². The minimum Gasteiger partial charge on any atom is -0.462 e. The van der Waals surface area contributed by atoms with E-state index in [1.807, 2.05) is 0 Å². The number of unbranched alkanes of at least 4 members (excludes halogenated alkanes) is 24. The second kappa shape index (κ2) is 56.9. The third-order valence-electron chi connectivity index (χ3n) is 12.1. The molecule has 0 heterocycles. The molecule has 0 spiro atoms. The summed E-state index contributed by atoms with van der Waals surface area (Å²) in [7, 11) is 0. The van der Waals surface area contributed by atoms with Crippen LogP contribution in [-0.4, -0.2) is 37.2 Å². The first-order valence-electron chi connectivity index (χ1n) is 28.7. The van der Waals surface area contributed by atoms with E-state index in [0.717, 1.165) is 135 Å². The first-order chi connectivity index (χ1) is 34.0. The van der Waals surface area contributed by atoms with Gasteiger partial charge in [-0.15, -0.1) is 0 Å². The molecule has 69 heavy (non-hydrogen) atoms. The maximum Gasteiger partial charge on any atom is 0.306 e. The molecule has 0 aliphatic rings. The average molecular weight is 960 g/mol. The number of hydrogen-bond donors (Lipinski definition) is 0. The molecule has 0 aromatic heterocycles. The molecule has 0 rings (SSSR count). The number of carbonyl (C=O) groups is 3. The minimum absolute atomic E-state index is 0.0961. The zero-order valence-corrected chi connectivity index (χ0v) is 45.0. The van der Waals surface area contributed by atoms with Gasteiger partial charge in [-0.1, -0.05) is 246 Å². The molecule has 0 bridgehead atoms. The van der Waals surface area contributed by atoms with E-state index in [9.17, 15) is 14.4 Å². The summed E-state index contributed by atoms with van der Waals surface area (Å²) < 4.78 is 16.8. The summed E-state index contributed by atoms with van der Waals surface area (Å²) in [6, 6.07) is 0. The Balaban J connectivity index is 4.46. The molecule has 394 valence electrons. The van der Waals surface area contributed by atoms with Crippen LogP contribution in [0.5, 0.6) is 0 Å². The Kier molecular flexibility index (Phi) is 53.9. The van der Waals surface area contributed by atoms with E-state index < -0.39 is 6.10 Å². The van der Waals surface area contributed by atoms with Gasteiger partial charge in [0.15, 0.2) is 6.10 Å². The van der Waals surface area contributed by atoms with Crippen LogP contribution in [0.4, 0.5) is 0 Å². The van der Waals surface area contributed by atoms with E-state index in [-0.39, 0.29) is 31.1 Å². The number of esters is 3. The normalized spacial score (nSPS) is 12.8. The first kappa shape index (κ1) is 65.3. The molecule has 0 aliphatic carbocycles. The smallest absolute Gasteiger partial charge is 0.306 e. The van der Waals surface area contributed by atoms with Crippen molar-refractivity contribution in [1.82, 2.24) is 0 Å². The van der Waals surface area contributed by atoms with Crippen molar-refractivity contribution in [3.05, 3.63) is 97.2 Å². The summed E-state index contributed by atoms with van der Waals surface area (Å²) in [6.45, 7) is 6.39. The van der Waals surface area contributed by atoms with Crippen LogP contribution in [0, 0.1) is 0 Å². The number of allylic oxidation sites excluding steroid dienone is 16. The highest BCUT2D eigenvalue weighted by molar-refractivity contribution is 5.71. The molecule has 0 amide bonds. The molecule has 0 unspecified atom stereocenters. The van der Waals surface area contributed by atoms with Crippen LogP contribution in [0.1, 0.15) is 265 Å². The zero-order chi connectivity index (χ0) is 50.0. The van der Waals surface area contributed by atoms with E-state index >= 15 is 0 Å². The Labute approximate surface area is 426 Å².